The fourth-order valence-corrected chi connectivity index (χ4v) is 2.79. The maximum atomic E-state index is 12.0. The Labute approximate surface area is 114 Å². The zero-order valence-electron chi connectivity index (χ0n) is 12.2. The lowest BCUT2D eigenvalue weighted by Crippen LogP contribution is -2.39. The molecule has 112 valence electrons. The van der Waals surface area contributed by atoms with Crippen LogP contribution < -0.4 is 0 Å². The molecule has 1 fully saturated rings. The van der Waals surface area contributed by atoms with E-state index in [1.165, 1.54) is 7.11 Å². The minimum Gasteiger partial charge on any atom is -0.361 e. The molecule has 1 amide bonds. The van der Waals surface area contributed by atoms with Crippen molar-refractivity contribution in [3.63, 3.8) is 0 Å². The Morgan fingerprint density at radius 1 is 1.37 bits per heavy atom. The third-order valence-electron chi connectivity index (χ3n) is 3.21. The molecular formula is C12H24NO5P. The van der Waals surface area contributed by atoms with E-state index < -0.39 is 19.4 Å². The van der Waals surface area contributed by atoms with Crippen LogP contribution in [0.25, 0.3) is 0 Å². The van der Waals surface area contributed by atoms with Gasteiger partial charge in [0.2, 0.25) is 5.91 Å². The second-order valence-electron chi connectivity index (χ2n) is 5.46. The number of ether oxygens (including phenoxy) is 1. The molecule has 0 spiro atoms. The molecule has 0 aromatic heterocycles. The summed E-state index contributed by atoms with van der Waals surface area (Å²) in [6.45, 7) is 7.20. The van der Waals surface area contributed by atoms with Crippen LogP contribution in [0.15, 0.2) is 0 Å². The molecule has 0 saturated carbocycles. The van der Waals surface area contributed by atoms with Crippen molar-refractivity contribution in [1.29, 1.82) is 0 Å². The van der Waals surface area contributed by atoms with Gasteiger partial charge in [0.15, 0.2) is 0 Å². The molecule has 1 N–H and O–H groups in total. The lowest BCUT2D eigenvalue weighted by atomic mass is 10.2. The molecule has 6 nitrogen and oxygen atoms in total. The number of hydrogen-bond donors (Lipinski definition) is 1. The van der Waals surface area contributed by atoms with Gasteiger partial charge in [-0.3, -0.25) is 9.36 Å². The first-order chi connectivity index (χ1) is 8.69. The normalized spacial score (nSPS) is 27.1. The van der Waals surface area contributed by atoms with Gasteiger partial charge in [0, 0.05) is 19.4 Å². The largest absolute Gasteiger partial charge is 0.361 e. The molecular weight excluding hydrogens is 269 g/mol. The van der Waals surface area contributed by atoms with Crippen molar-refractivity contribution in [2.24, 2.45) is 5.92 Å². The van der Waals surface area contributed by atoms with Crippen molar-refractivity contribution in [3.8, 4) is 0 Å². The highest BCUT2D eigenvalue weighted by Gasteiger charge is 2.40. The minimum absolute atomic E-state index is 0.0322. The number of amides is 1. The predicted octanol–water partition coefficient (Wildman–Crippen LogP) is 1.83. The Bertz CT molecular complexity index is 371. The van der Waals surface area contributed by atoms with E-state index in [1.54, 1.807) is 18.7 Å². The van der Waals surface area contributed by atoms with E-state index >= 15 is 0 Å². The molecule has 7 heteroatoms. The second kappa shape index (κ2) is 6.35. The molecule has 0 bridgehead atoms. The fourth-order valence-electron chi connectivity index (χ4n) is 1.96. The van der Waals surface area contributed by atoms with Crippen molar-refractivity contribution in [3.05, 3.63) is 0 Å². The molecule has 0 aromatic rings. The third kappa shape index (κ3) is 4.02. The Kier molecular flexibility index (Phi) is 5.56. The van der Waals surface area contributed by atoms with Gasteiger partial charge in [-0.2, -0.15) is 0 Å². The van der Waals surface area contributed by atoms with E-state index in [0.29, 0.717) is 13.0 Å². The Balaban J connectivity index is 2.72. The average Bonchev–Trinajstić information content (AvgIpc) is 2.69. The van der Waals surface area contributed by atoms with E-state index in [4.69, 9.17) is 9.26 Å². The number of rotatable bonds is 5. The minimum atomic E-state index is -3.62. The number of carbonyl (C=O) groups is 1. The lowest BCUT2D eigenvalue weighted by molar-refractivity contribution is -0.143. The van der Waals surface area contributed by atoms with Crippen LogP contribution in [0.4, 0.5) is 0 Å². The van der Waals surface area contributed by atoms with Gasteiger partial charge in [-0.15, -0.1) is 0 Å². The maximum absolute atomic E-state index is 12.0. The summed E-state index contributed by atoms with van der Waals surface area (Å²) in [5, 5.41) is 0. The second-order valence-corrected chi connectivity index (χ2v) is 7.83. The van der Waals surface area contributed by atoms with E-state index in [-0.39, 0.29) is 18.1 Å². The molecule has 1 aliphatic rings. The summed E-state index contributed by atoms with van der Waals surface area (Å²) in [6, 6.07) is 0. The van der Waals surface area contributed by atoms with E-state index in [2.05, 4.69) is 0 Å². The highest BCUT2D eigenvalue weighted by Crippen LogP contribution is 2.49. The van der Waals surface area contributed by atoms with E-state index in [0.717, 1.165) is 0 Å². The first-order valence-electron chi connectivity index (χ1n) is 6.53. The smallest absolute Gasteiger partial charge is 0.330 e. The van der Waals surface area contributed by atoms with Crippen LogP contribution in [-0.4, -0.2) is 47.3 Å². The molecule has 1 unspecified atom stereocenters. The van der Waals surface area contributed by atoms with Crippen LogP contribution in [-0.2, 0) is 18.6 Å². The van der Waals surface area contributed by atoms with Crippen molar-refractivity contribution < 1.29 is 23.5 Å². The molecule has 0 aromatic carbocycles. The van der Waals surface area contributed by atoms with Crippen LogP contribution in [0.1, 0.15) is 34.1 Å². The highest BCUT2D eigenvalue weighted by atomic mass is 31.2. The van der Waals surface area contributed by atoms with Gasteiger partial charge in [-0.25, -0.2) is 0 Å². The summed E-state index contributed by atoms with van der Waals surface area (Å²) in [7, 11) is -2.10. The molecule has 1 saturated heterocycles. The summed E-state index contributed by atoms with van der Waals surface area (Å²) in [5.41, 5.74) is -0.455. The summed E-state index contributed by atoms with van der Waals surface area (Å²) in [6.07, 6.45) is -0.412. The molecule has 1 heterocycles. The van der Waals surface area contributed by atoms with E-state index in [9.17, 15) is 14.3 Å². The van der Waals surface area contributed by atoms with Gasteiger partial charge in [-0.05, 0) is 0 Å². The standard InChI is InChI=1S/C12H24NO5P/c1-8(2)12(14)13-7-10(6-11(13)17-5)18-19(15,16)9(3)4/h8-11H,6-7H2,1-5H3,(H,15,16)/t10-,11-/m1/s1. The highest BCUT2D eigenvalue weighted by molar-refractivity contribution is 7.53. The van der Waals surface area contributed by atoms with Crippen LogP contribution >= 0.6 is 7.60 Å². The Morgan fingerprint density at radius 2 is 1.95 bits per heavy atom. The number of carbonyl (C=O) groups excluding carboxylic acids is 1. The summed E-state index contributed by atoms with van der Waals surface area (Å²) >= 11 is 0. The Morgan fingerprint density at radius 3 is 2.37 bits per heavy atom. The molecule has 0 aliphatic carbocycles. The van der Waals surface area contributed by atoms with Gasteiger partial charge in [0.25, 0.3) is 0 Å². The predicted molar refractivity (Wildman–Crippen MR) is 71.8 cm³/mol. The van der Waals surface area contributed by atoms with Gasteiger partial charge in [0.05, 0.1) is 18.3 Å². The SMILES string of the molecule is CO[C@@H]1C[C@@H](OP(=O)(O)C(C)C)CN1C(=O)C(C)C. The van der Waals surface area contributed by atoms with Crippen LogP contribution in [0.3, 0.4) is 0 Å². The van der Waals surface area contributed by atoms with Crippen LogP contribution in [0.5, 0.6) is 0 Å². The maximum Gasteiger partial charge on any atom is 0.330 e. The summed E-state index contributed by atoms with van der Waals surface area (Å²) in [5.74, 6) is -0.169. The van der Waals surface area contributed by atoms with Crippen molar-refractivity contribution >= 4 is 13.5 Å². The zero-order chi connectivity index (χ0) is 14.8. The monoisotopic (exact) mass is 293 g/mol. The average molecular weight is 293 g/mol. The van der Waals surface area contributed by atoms with Gasteiger partial charge in [0.1, 0.15) is 6.23 Å². The zero-order valence-corrected chi connectivity index (χ0v) is 13.1. The quantitative estimate of drug-likeness (QED) is 0.783. The molecule has 3 atom stereocenters. The molecule has 1 aliphatic heterocycles. The number of likely N-dealkylation sites (tertiary alicyclic amines) is 1. The summed E-state index contributed by atoms with van der Waals surface area (Å²) < 4.78 is 22.4. The topological polar surface area (TPSA) is 76.1 Å². The van der Waals surface area contributed by atoms with Gasteiger partial charge in [-0.1, -0.05) is 27.7 Å². The van der Waals surface area contributed by atoms with Crippen molar-refractivity contribution in [2.75, 3.05) is 13.7 Å². The van der Waals surface area contributed by atoms with Crippen molar-refractivity contribution in [2.45, 2.75) is 52.1 Å². The molecule has 1 rings (SSSR count). The van der Waals surface area contributed by atoms with E-state index in [1.807, 2.05) is 13.8 Å². The van der Waals surface area contributed by atoms with Gasteiger partial charge < -0.3 is 19.1 Å². The fraction of sp³-hybridized carbons (Fsp3) is 0.917. The lowest BCUT2D eigenvalue weighted by Gasteiger charge is -2.24. The molecule has 19 heavy (non-hydrogen) atoms. The Hall–Kier alpha value is -0.420. The molecule has 0 radical (unpaired) electrons. The first kappa shape index (κ1) is 16.6. The van der Waals surface area contributed by atoms with Crippen molar-refractivity contribution in [1.82, 2.24) is 4.90 Å². The number of methoxy groups -OCH3 is 1. The first-order valence-corrected chi connectivity index (χ1v) is 8.17. The number of hydrogen-bond acceptors (Lipinski definition) is 4. The number of nitrogens with zero attached hydrogens (tertiary/aromatic N) is 1. The van der Waals surface area contributed by atoms with Gasteiger partial charge >= 0.3 is 7.60 Å². The summed E-state index contributed by atoms with van der Waals surface area (Å²) in [4.78, 5) is 23.3. The van der Waals surface area contributed by atoms with Crippen LogP contribution in [0, 0.1) is 5.92 Å². The van der Waals surface area contributed by atoms with Crippen LogP contribution in [0.2, 0.25) is 0 Å². The third-order valence-corrected chi connectivity index (χ3v) is 5.12.